The van der Waals surface area contributed by atoms with Crippen molar-refractivity contribution in [3.05, 3.63) is 68.7 Å². The molecular formula is C27H31ClN4O. The average Bonchev–Trinajstić information content (AvgIpc) is 3.39. The maximum atomic E-state index is 12.8. The molecule has 0 unspecified atom stereocenters. The smallest absolute Gasteiger partial charge is 0.282 e. The van der Waals surface area contributed by atoms with Crippen LogP contribution in [-0.4, -0.2) is 47.2 Å². The van der Waals surface area contributed by atoms with Crippen LogP contribution in [0, 0.1) is 5.92 Å². The van der Waals surface area contributed by atoms with E-state index in [1.807, 2.05) is 12.1 Å². The van der Waals surface area contributed by atoms with Gasteiger partial charge in [-0.25, -0.2) is 0 Å². The lowest BCUT2D eigenvalue weighted by Gasteiger charge is -2.34. The first-order chi connectivity index (χ1) is 15.9. The van der Waals surface area contributed by atoms with Crippen LogP contribution in [0.25, 0.3) is 16.6 Å². The Bertz CT molecular complexity index is 1280. The monoisotopic (exact) mass is 462 g/mol. The molecule has 1 aromatic heterocycles. The molecule has 6 heteroatoms. The van der Waals surface area contributed by atoms with Gasteiger partial charge in [-0.05, 0) is 100 Å². The summed E-state index contributed by atoms with van der Waals surface area (Å²) in [6.07, 6.45) is 3.74. The van der Waals surface area contributed by atoms with Crippen LogP contribution in [-0.2, 0) is 5.41 Å². The largest absolute Gasteiger partial charge is 0.316 e. The summed E-state index contributed by atoms with van der Waals surface area (Å²) >= 11 is 6.39. The molecule has 3 aliphatic rings. The third-order valence-corrected chi connectivity index (χ3v) is 8.41. The standard InChI is InChI=1S/C27H31ClN4O/c1-27(2)20-14-19(18-9-12-31(13-10-18)16-17-8-11-29-15-17)6-7-22(20)32-23-5-3-4-21(28)24(23)25(33)30-26(27)32/h3-7,14,17-18,29H,8-13,15-16H2,1-2H3/t17-/m0/s1. The zero-order valence-electron chi connectivity index (χ0n) is 19.4. The number of piperidine rings is 1. The number of hydrogen-bond acceptors (Lipinski definition) is 4. The maximum absolute atomic E-state index is 12.8. The highest BCUT2D eigenvalue weighted by atomic mass is 35.5. The Hall–Kier alpha value is -2.21. The van der Waals surface area contributed by atoms with E-state index in [2.05, 4.69) is 51.8 Å². The lowest BCUT2D eigenvalue weighted by Crippen LogP contribution is -2.37. The van der Waals surface area contributed by atoms with E-state index in [1.54, 1.807) is 6.07 Å². The zero-order valence-corrected chi connectivity index (χ0v) is 20.2. The Labute approximate surface area is 199 Å². The summed E-state index contributed by atoms with van der Waals surface area (Å²) in [6.45, 7) is 10.3. The quantitative estimate of drug-likeness (QED) is 0.624. The Morgan fingerprint density at radius 1 is 1.15 bits per heavy atom. The van der Waals surface area contributed by atoms with E-state index >= 15 is 0 Å². The van der Waals surface area contributed by atoms with Crippen molar-refractivity contribution in [2.24, 2.45) is 5.92 Å². The van der Waals surface area contributed by atoms with Crippen molar-refractivity contribution >= 4 is 22.5 Å². The van der Waals surface area contributed by atoms with Crippen LogP contribution in [0.2, 0.25) is 5.02 Å². The summed E-state index contributed by atoms with van der Waals surface area (Å²) in [6, 6.07) is 12.5. The van der Waals surface area contributed by atoms with E-state index in [-0.39, 0.29) is 11.0 Å². The minimum atomic E-state index is -0.336. The minimum Gasteiger partial charge on any atom is -0.316 e. The Balaban J connectivity index is 1.32. The first-order valence-electron chi connectivity index (χ1n) is 12.2. The molecule has 1 atom stereocenters. The van der Waals surface area contributed by atoms with Crippen LogP contribution in [0.3, 0.4) is 0 Å². The summed E-state index contributed by atoms with van der Waals surface area (Å²) in [5, 5.41) is 4.45. The van der Waals surface area contributed by atoms with Crippen molar-refractivity contribution in [1.29, 1.82) is 0 Å². The van der Waals surface area contributed by atoms with Gasteiger partial charge in [0.05, 0.1) is 27.0 Å². The predicted molar refractivity (Wildman–Crippen MR) is 134 cm³/mol. The third kappa shape index (κ3) is 3.44. The van der Waals surface area contributed by atoms with Crippen molar-refractivity contribution in [1.82, 2.24) is 19.8 Å². The van der Waals surface area contributed by atoms with E-state index in [0.29, 0.717) is 16.3 Å². The number of rotatable bonds is 3. The van der Waals surface area contributed by atoms with Crippen LogP contribution in [0.15, 0.2) is 41.2 Å². The van der Waals surface area contributed by atoms with Gasteiger partial charge in [-0.3, -0.25) is 9.36 Å². The average molecular weight is 463 g/mol. The molecule has 2 saturated heterocycles. The van der Waals surface area contributed by atoms with Gasteiger partial charge >= 0.3 is 0 Å². The van der Waals surface area contributed by atoms with Crippen LogP contribution in [0.4, 0.5) is 0 Å². The van der Waals surface area contributed by atoms with E-state index in [9.17, 15) is 4.79 Å². The molecule has 5 nitrogen and oxygen atoms in total. The first-order valence-corrected chi connectivity index (χ1v) is 12.6. The fraction of sp³-hybridized carbons (Fsp3) is 0.481. The van der Waals surface area contributed by atoms with Gasteiger partial charge in [0.15, 0.2) is 0 Å². The highest BCUT2D eigenvalue weighted by Crippen LogP contribution is 2.44. The second kappa shape index (κ2) is 7.93. The van der Waals surface area contributed by atoms with E-state index < -0.39 is 0 Å². The predicted octanol–water partition coefficient (Wildman–Crippen LogP) is 4.47. The SMILES string of the molecule is CC1(C)c2cc(C3CCN(C[C@H]4CCNC4)CC3)ccc2-n2c1nc(=O)c1c(Cl)cccc12. The molecule has 0 radical (unpaired) electrons. The van der Waals surface area contributed by atoms with Crippen molar-refractivity contribution in [2.75, 3.05) is 32.7 Å². The lowest BCUT2D eigenvalue weighted by atomic mass is 9.81. The topological polar surface area (TPSA) is 50.2 Å². The Morgan fingerprint density at radius 3 is 2.73 bits per heavy atom. The second-order valence-corrected chi connectivity index (χ2v) is 11.0. The number of halogens is 1. The van der Waals surface area contributed by atoms with Gasteiger partial charge in [0.25, 0.3) is 5.56 Å². The molecule has 1 N–H and O–H groups in total. The number of hydrogen-bond donors (Lipinski definition) is 1. The van der Waals surface area contributed by atoms with Gasteiger partial charge < -0.3 is 10.2 Å². The van der Waals surface area contributed by atoms with Crippen LogP contribution in [0.1, 0.15) is 56.0 Å². The molecular weight excluding hydrogens is 432 g/mol. The van der Waals surface area contributed by atoms with Crippen molar-refractivity contribution in [2.45, 2.75) is 44.4 Å². The number of nitrogens with one attached hydrogen (secondary N) is 1. The van der Waals surface area contributed by atoms with E-state index in [1.165, 1.54) is 63.1 Å². The molecule has 0 aliphatic carbocycles. The highest BCUT2D eigenvalue weighted by Gasteiger charge is 2.39. The summed E-state index contributed by atoms with van der Waals surface area (Å²) in [5.74, 6) is 2.21. The molecule has 0 spiro atoms. The van der Waals surface area contributed by atoms with Crippen molar-refractivity contribution in [3.8, 4) is 5.69 Å². The molecule has 2 aromatic carbocycles. The molecule has 3 aromatic rings. The molecule has 0 amide bonds. The molecule has 4 heterocycles. The van der Waals surface area contributed by atoms with Gasteiger partial charge in [0.1, 0.15) is 5.82 Å². The third-order valence-electron chi connectivity index (χ3n) is 8.10. The number of nitrogens with zero attached hydrogens (tertiary/aromatic N) is 3. The van der Waals surface area contributed by atoms with Gasteiger partial charge in [0, 0.05) is 6.54 Å². The molecule has 0 saturated carbocycles. The Morgan fingerprint density at radius 2 is 1.97 bits per heavy atom. The lowest BCUT2D eigenvalue weighted by molar-refractivity contribution is 0.187. The summed E-state index contributed by atoms with van der Waals surface area (Å²) in [7, 11) is 0. The van der Waals surface area contributed by atoms with Crippen LogP contribution < -0.4 is 10.9 Å². The summed E-state index contributed by atoms with van der Waals surface area (Å²) < 4.78 is 2.14. The van der Waals surface area contributed by atoms with Crippen LogP contribution in [0.5, 0.6) is 0 Å². The Kier molecular flexibility index (Phi) is 5.13. The van der Waals surface area contributed by atoms with E-state index in [0.717, 1.165) is 22.9 Å². The van der Waals surface area contributed by atoms with Crippen LogP contribution >= 0.6 is 11.6 Å². The molecule has 2 fully saturated rings. The summed E-state index contributed by atoms with van der Waals surface area (Å²) in [4.78, 5) is 20.0. The number of likely N-dealkylation sites (tertiary alicyclic amines) is 1. The summed E-state index contributed by atoms with van der Waals surface area (Å²) in [5.41, 5.74) is 4.04. The van der Waals surface area contributed by atoms with Gasteiger partial charge in [-0.15, -0.1) is 0 Å². The molecule has 0 bridgehead atoms. The number of fused-ring (bicyclic) bond motifs is 5. The molecule has 33 heavy (non-hydrogen) atoms. The minimum absolute atomic E-state index is 0.243. The molecule has 6 rings (SSSR count). The first kappa shape index (κ1) is 21.3. The fourth-order valence-electron chi connectivity index (χ4n) is 6.20. The van der Waals surface area contributed by atoms with Gasteiger partial charge in [0.2, 0.25) is 0 Å². The van der Waals surface area contributed by atoms with Crippen molar-refractivity contribution < 1.29 is 0 Å². The normalized spacial score (nSPS) is 22.6. The number of benzene rings is 2. The van der Waals surface area contributed by atoms with E-state index in [4.69, 9.17) is 11.6 Å². The fourth-order valence-corrected chi connectivity index (χ4v) is 6.45. The molecule has 172 valence electrons. The van der Waals surface area contributed by atoms with Gasteiger partial charge in [-0.1, -0.05) is 29.8 Å². The van der Waals surface area contributed by atoms with Crippen molar-refractivity contribution in [3.63, 3.8) is 0 Å². The van der Waals surface area contributed by atoms with Gasteiger partial charge in [-0.2, -0.15) is 4.98 Å². The zero-order chi connectivity index (χ0) is 22.7. The maximum Gasteiger partial charge on any atom is 0.282 e. The highest BCUT2D eigenvalue weighted by molar-refractivity contribution is 6.35. The number of aromatic nitrogens is 2. The second-order valence-electron chi connectivity index (χ2n) is 10.5. The molecule has 3 aliphatic heterocycles.